The highest BCUT2D eigenvalue weighted by Crippen LogP contribution is 2.35. The largest absolute Gasteiger partial charge is 0.397 e. The fourth-order valence-corrected chi connectivity index (χ4v) is 3.51. The average molecular weight is 328 g/mol. The number of nitrogen functional groups attached to an aromatic ring is 1. The molecule has 24 heavy (non-hydrogen) atoms. The zero-order valence-corrected chi connectivity index (χ0v) is 13.1. The third kappa shape index (κ3) is 2.52. The summed E-state index contributed by atoms with van der Waals surface area (Å²) in [6.45, 7) is 0.755. The van der Waals surface area contributed by atoms with Crippen LogP contribution in [-0.2, 0) is 0 Å². The predicted octanol–water partition coefficient (Wildman–Crippen LogP) is 3.70. The van der Waals surface area contributed by atoms with Crippen molar-refractivity contribution in [2.45, 2.75) is 31.5 Å². The van der Waals surface area contributed by atoms with Gasteiger partial charge in [0, 0.05) is 24.7 Å². The zero-order valence-electron chi connectivity index (χ0n) is 13.1. The second-order valence-electron chi connectivity index (χ2n) is 6.21. The van der Waals surface area contributed by atoms with E-state index in [0.29, 0.717) is 16.8 Å². The Labute approximate surface area is 138 Å². The highest BCUT2D eigenvalue weighted by molar-refractivity contribution is 5.87. The molecule has 3 heterocycles. The fourth-order valence-electron chi connectivity index (χ4n) is 3.51. The standard InChI is InChI=1S/C18H18F2N4/c19-11-3-4-13(20)12(10-11)16-2-1-9-24(16)17-6-5-15-18(23-17)14(21)7-8-22-15/h4-8,10-11,16H,1-3,9H2,(H2,21,22)/t11?,16-/m1/s1. The first-order valence-corrected chi connectivity index (χ1v) is 8.13. The number of allylic oxidation sites excluding steroid dienone is 2. The predicted molar refractivity (Wildman–Crippen MR) is 91.1 cm³/mol. The second kappa shape index (κ2) is 5.85. The van der Waals surface area contributed by atoms with E-state index in [1.807, 2.05) is 17.0 Å². The van der Waals surface area contributed by atoms with Gasteiger partial charge in [-0.25, -0.2) is 13.8 Å². The molecular weight excluding hydrogens is 310 g/mol. The molecule has 0 spiro atoms. The summed E-state index contributed by atoms with van der Waals surface area (Å²) in [7, 11) is 0. The van der Waals surface area contributed by atoms with Crippen molar-refractivity contribution in [3.05, 3.63) is 47.9 Å². The van der Waals surface area contributed by atoms with E-state index in [0.717, 1.165) is 30.7 Å². The van der Waals surface area contributed by atoms with Crippen LogP contribution in [0.5, 0.6) is 0 Å². The molecule has 1 aliphatic heterocycles. The summed E-state index contributed by atoms with van der Waals surface area (Å²) in [5, 5.41) is 0. The summed E-state index contributed by atoms with van der Waals surface area (Å²) in [4.78, 5) is 10.9. The number of hydrogen-bond acceptors (Lipinski definition) is 4. The third-order valence-corrected chi connectivity index (χ3v) is 4.66. The maximum Gasteiger partial charge on any atom is 0.129 e. The number of alkyl halides is 1. The number of fused-ring (bicyclic) bond motifs is 1. The molecule has 1 fully saturated rings. The third-order valence-electron chi connectivity index (χ3n) is 4.66. The van der Waals surface area contributed by atoms with Crippen molar-refractivity contribution in [1.82, 2.24) is 9.97 Å². The molecule has 0 radical (unpaired) electrons. The molecule has 2 N–H and O–H groups in total. The molecule has 0 amide bonds. The number of halogens is 2. The van der Waals surface area contributed by atoms with Crippen LogP contribution in [0.4, 0.5) is 20.3 Å². The molecule has 124 valence electrons. The number of anilines is 2. The number of rotatable bonds is 2. The SMILES string of the molecule is Nc1ccnc2ccc(N3CCC[C@@H]3C3=CC(F)CC=C3F)nc12. The zero-order chi connectivity index (χ0) is 16.7. The molecule has 4 rings (SSSR count). The quantitative estimate of drug-likeness (QED) is 0.913. The van der Waals surface area contributed by atoms with Crippen LogP contribution in [0.25, 0.3) is 11.0 Å². The van der Waals surface area contributed by atoms with Crippen LogP contribution >= 0.6 is 0 Å². The Morgan fingerprint density at radius 1 is 1.25 bits per heavy atom. The lowest BCUT2D eigenvalue weighted by Crippen LogP contribution is -2.33. The van der Waals surface area contributed by atoms with Gasteiger partial charge in [0.25, 0.3) is 0 Å². The molecule has 0 bridgehead atoms. The van der Waals surface area contributed by atoms with Crippen LogP contribution in [0.1, 0.15) is 19.3 Å². The molecule has 1 aliphatic carbocycles. The van der Waals surface area contributed by atoms with Crippen LogP contribution in [0.15, 0.2) is 47.9 Å². The molecule has 0 saturated carbocycles. The monoisotopic (exact) mass is 328 g/mol. The number of pyridine rings is 2. The van der Waals surface area contributed by atoms with Crippen LogP contribution in [0, 0.1) is 0 Å². The lowest BCUT2D eigenvalue weighted by molar-refractivity contribution is 0.390. The van der Waals surface area contributed by atoms with E-state index in [-0.39, 0.29) is 18.3 Å². The number of aromatic nitrogens is 2. The van der Waals surface area contributed by atoms with Gasteiger partial charge in [0.05, 0.1) is 17.2 Å². The molecule has 2 aromatic rings. The van der Waals surface area contributed by atoms with Gasteiger partial charge in [-0.05, 0) is 43.2 Å². The molecule has 2 aliphatic rings. The summed E-state index contributed by atoms with van der Waals surface area (Å²) < 4.78 is 27.9. The van der Waals surface area contributed by atoms with Gasteiger partial charge in [0.2, 0.25) is 0 Å². The Hall–Kier alpha value is -2.50. The molecule has 4 nitrogen and oxygen atoms in total. The number of nitrogens with two attached hydrogens (primary N) is 1. The van der Waals surface area contributed by atoms with E-state index in [4.69, 9.17) is 5.73 Å². The van der Waals surface area contributed by atoms with Crippen molar-refractivity contribution in [2.75, 3.05) is 17.2 Å². The minimum Gasteiger partial charge on any atom is -0.397 e. The first-order valence-electron chi connectivity index (χ1n) is 8.13. The van der Waals surface area contributed by atoms with Crippen molar-refractivity contribution in [1.29, 1.82) is 0 Å². The second-order valence-corrected chi connectivity index (χ2v) is 6.21. The van der Waals surface area contributed by atoms with E-state index in [2.05, 4.69) is 9.97 Å². The number of hydrogen-bond donors (Lipinski definition) is 1. The Balaban J connectivity index is 1.73. The van der Waals surface area contributed by atoms with Crippen LogP contribution in [0.3, 0.4) is 0 Å². The Morgan fingerprint density at radius 2 is 2.12 bits per heavy atom. The van der Waals surface area contributed by atoms with Gasteiger partial charge in [-0.3, -0.25) is 4.98 Å². The summed E-state index contributed by atoms with van der Waals surface area (Å²) in [5.41, 5.74) is 8.35. The van der Waals surface area contributed by atoms with Gasteiger partial charge in [-0.1, -0.05) is 0 Å². The molecule has 1 saturated heterocycles. The van der Waals surface area contributed by atoms with Gasteiger partial charge in [0.15, 0.2) is 0 Å². The fraction of sp³-hybridized carbons (Fsp3) is 0.333. The van der Waals surface area contributed by atoms with Gasteiger partial charge in [-0.2, -0.15) is 0 Å². The van der Waals surface area contributed by atoms with Crippen LogP contribution < -0.4 is 10.6 Å². The highest BCUT2D eigenvalue weighted by atomic mass is 19.1. The summed E-state index contributed by atoms with van der Waals surface area (Å²) in [6.07, 6.45) is 5.08. The first kappa shape index (κ1) is 15.1. The Bertz CT molecular complexity index is 846. The van der Waals surface area contributed by atoms with E-state index < -0.39 is 6.17 Å². The van der Waals surface area contributed by atoms with E-state index in [9.17, 15) is 8.78 Å². The Kier molecular flexibility index (Phi) is 3.67. The summed E-state index contributed by atoms with van der Waals surface area (Å²) >= 11 is 0. The van der Waals surface area contributed by atoms with Crippen LogP contribution in [0.2, 0.25) is 0 Å². The first-order chi connectivity index (χ1) is 11.6. The van der Waals surface area contributed by atoms with Crippen LogP contribution in [-0.4, -0.2) is 28.7 Å². The Morgan fingerprint density at radius 3 is 3.00 bits per heavy atom. The minimum absolute atomic E-state index is 0.110. The molecule has 2 atom stereocenters. The number of nitrogens with zero attached hydrogens (tertiary/aromatic N) is 3. The van der Waals surface area contributed by atoms with Crippen molar-refractivity contribution in [3.8, 4) is 0 Å². The van der Waals surface area contributed by atoms with E-state index >= 15 is 0 Å². The molecule has 1 unspecified atom stereocenters. The topological polar surface area (TPSA) is 55.0 Å². The minimum atomic E-state index is -1.12. The summed E-state index contributed by atoms with van der Waals surface area (Å²) in [6, 6.07) is 5.25. The molecule has 2 aromatic heterocycles. The molecule has 6 heteroatoms. The maximum atomic E-state index is 14.2. The van der Waals surface area contributed by atoms with E-state index in [1.165, 1.54) is 12.2 Å². The van der Waals surface area contributed by atoms with Crippen molar-refractivity contribution < 1.29 is 8.78 Å². The molecular formula is C18H18F2N4. The van der Waals surface area contributed by atoms with Crippen molar-refractivity contribution in [3.63, 3.8) is 0 Å². The van der Waals surface area contributed by atoms with Gasteiger partial charge in [0.1, 0.15) is 23.3 Å². The lowest BCUT2D eigenvalue weighted by atomic mass is 9.96. The van der Waals surface area contributed by atoms with Gasteiger partial charge in [-0.15, -0.1) is 0 Å². The smallest absolute Gasteiger partial charge is 0.129 e. The normalized spacial score (nSPS) is 24.2. The van der Waals surface area contributed by atoms with Crippen molar-refractivity contribution >= 4 is 22.5 Å². The van der Waals surface area contributed by atoms with Gasteiger partial charge < -0.3 is 10.6 Å². The molecule has 0 aromatic carbocycles. The van der Waals surface area contributed by atoms with Crippen molar-refractivity contribution in [2.24, 2.45) is 0 Å². The maximum absolute atomic E-state index is 14.2. The summed E-state index contributed by atoms with van der Waals surface area (Å²) in [5.74, 6) is 0.405. The highest BCUT2D eigenvalue weighted by Gasteiger charge is 2.32. The van der Waals surface area contributed by atoms with E-state index in [1.54, 1.807) is 12.3 Å². The lowest BCUT2D eigenvalue weighted by Gasteiger charge is -2.29. The average Bonchev–Trinajstić information content (AvgIpc) is 3.06. The van der Waals surface area contributed by atoms with Gasteiger partial charge >= 0.3 is 0 Å².